The third-order valence-corrected chi connectivity index (χ3v) is 5.10. The zero-order valence-electron chi connectivity index (χ0n) is 14.4. The number of hydrogen-bond donors (Lipinski definition) is 1. The number of carbonyl (C=O) groups excluding carboxylic acids is 1. The standard InChI is InChI=1S/C19H16F2N2O3S/c1-11-4-2-3-5-14(11)23(16(24)8-9-17(25)26)10-15-22-13-7-6-12(20)18(21)19(13)27-15/h2-7H,8-10H2,1H3,(H,25,26). The molecule has 0 bridgehead atoms. The number of carbonyl (C=O) groups is 2. The maximum absolute atomic E-state index is 14.0. The lowest BCUT2D eigenvalue weighted by molar-refractivity contribution is -0.138. The quantitative estimate of drug-likeness (QED) is 0.682. The van der Waals surface area contributed by atoms with Crippen LogP contribution in [0.15, 0.2) is 36.4 Å². The van der Waals surface area contributed by atoms with Crippen molar-refractivity contribution in [2.24, 2.45) is 0 Å². The highest BCUT2D eigenvalue weighted by Gasteiger charge is 2.21. The highest BCUT2D eigenvalue weighted by molar-refractivity contribution is 7.18. The van der Waals surface area contributed by atoms with Crippen molar-refractivity contribution in [1.29, 1.82) is 0 Å². The van der Waals surface area contributed by atoms with Crippen LogP contribution in [0.3, 0.4) is 0 Å². The van der Waals surface area contributed by atoms with Crippen LogP contribution in [0.2, 0.25) is 0 Å². The summed E-state index contributed by atoms with van der Waals surface area (Å²) in [4.78, 5) is 29.2. The first-order chi connectivity index (χ1) is 12.9. The van der Waals surface area contributed by atoms with E-state index in [4.69, 9.17) is 5.11 Å². The summed E-state index contributed by atoms with van der Waals surface area (Å²) in [6.07, 6.45) is -0.460. The number of halogens is 2. The number of rotatable bonds is 6. The number of aromatic nitrogens is 1. The first-order valence-corrected chi connectivity index (χ1v) is 8.99. The van der Waals surface area contributed by atoms with Crippen molar-refractivity contribution in [3.05, 3.63) is 58.6 Å². The molecule has 0 saturated carbocycles. The lowest BCUT2D eigenvalue weighted by atomic mass is 10.1. The summed E-state index contributed by atoms with van der Waals surface area (Å²) in [7, 11) is 0. The second-order valence-corrected chi connectivity index (χ2v) is 7.06. The Hall–Kier alpha value is -2.87. The number of carboxylic acids is 1. The third kappa shape index (κ3) is 4.11. The Kier molecular flexibility index (Phi) is 5.46. The van der Waals surface area contributed by atoms with E-state index >= 15 is 0 Å². The Morgan fingerprint density at radius 1 is 1.15 bits per heavy atom. The second kappa shape index (κ2) is 7.79. The topological polar surface area (TPSA) is 70.5 Å². The molecular formula is C19H16F2N2O3S. The molecule has 0 spiro atoms. The number of anilines is 1. The number of fused-ring (bicyclic) bond motifs is 1. The normalized spacial score (nSPS) is 10.9. The molecule has 2 aromatic carbocycles. The van der Waals surface area contributed by atoms with Crippen LogP contribution in [0, 0.1) is 18.6 Å². The molecule has 1 N–H and O–H groups in total. The van der Waals surface area contributed by atoms with Crippen LogP contribution in [0.5, 0.6) is 0 Å². The van der Waals surface area contributed by atoms with E-state index in [0.717, 1.165) is 23.0 Å². The number of para-hydroxylation sites is 1. The molecule has 0 saturated heterocycles. The van der Waals surface area contributed by atoms with Gasteiger partial charge in [-0.3, -0.25) is 9.59 Å². The molecule has 27 heavy (non-hydrogen) atoms. The molecule has 0 unspecified atom stereocenters. The smallest absolute Gasteiger partial charge is 0.303 e. The minimum atomic E-state index is -1.06. The molecule has 0 radical (unpaired) electrons. The van der Waals surface area contributed by atoms with Gasteiger partial charge in [-0.05, 0) is 30.7 Å². The van der Waals surface area contributed by atoms with Gasteiger partial charge < -0.3 is 10.0 Å². The molecule has 3 rings (SSSR count). The van der Waals surface area contributed by atoms with Crippen molar-refractivity contribution in [3.63, 3.8) is 0 Å². The average molecular weight is 390 g/mol. The van der Waals surface area contributed by atoms with Gasteiger partial charge >= 0.3 is 5.97 Å². The fraction of sp³-hybridized carbons (Fsp3) is 0.211. The van der Waals surface area contributed by atoms with Gasteiger partial charge in [0.1, 0.15) is 5.01 Å². The van der Waals surface area contributed by atoms with Gasteiger partial charge in [-0.1, -0.05) is 18.2 Å². The largest absolute Gasteiger partial charge is 0.481 e. The Morgan fingerprint density at radius 2 is 1.89 bits per heavy atom. The zero-order chi connectivity index (χ0) is 19.6. The summed E-state index contributed by atoms with van der Waals surface area (Å²) < 4.78 is 27.5. The molecule has 3 aromatic rings. The molecule has 8 heteroatoms. The molecule has 1 amide bonds. The second-order valence-electron chi connectivity index (χ2n) is 5.98. The molecule has 0 aliphatic carbocycles. The highest BCUT2D eigenvalue weighted by Crippen LogP contribution is 2.29. The van der Waals surface area contributed by atoms with Crippen molar-refractivity contribution < 1.29 is 23.5 Å². The number of thiazole rings is 1. The van der Waals surface area contributed by atoms with E-state index in [0.29, 0.717) is 16.2 Å². The van der Waals surface area contributed by atoms with Gasteiger partial charge in [-0.2, -0.15) is 0 Å². The van der Waals surface area contributed by atoms with Crippen LogP contribution in [-0.4, -0.2) is 22.0 Å². The van der Waals surface area contributed by atoms with Crippen LogP contribution in [0.25, 0.3) is 10.2 Å². The minimum absolute atomic E-state index is 0.0453. The number of benzene rings is 2. The Balaban J connectivity index is 1.96. The number of aryl methyl sites for hydroxylation is 1. The van der Waals surface area contributed by atoms with Gasteiger partial charge in [-0.25, -0.2) is 13.8 Å². The van der Waals surface area contributed by atoms with Crippen molar-refractivity contribution in [1.82, 2.24) is 4.98 Å². The van der Waals surface area contributed by atoms with E-state index in [1.54, 1.807) is 12.1 Å². The Bertz CT molecular complexity index is 1020. The summed E-state index contributed by atoms with van der Waals surface area (Å²) in [6.45, 7) is 1.88. The molecule has 0 aliphatic heterocycles. The third-order valence-electron chi connectivity index (χ3n) is 4.05. The number of nitrogens with zero attached hydrogens (tertiary/aromatic N) is 2. The first-order valence-electron chi connectivity index (χ1n) is 8.18. The molecule has 0 atom stereocenters. The van der Waals surface area contributed by atoms with Crippen molar-refractivity contribution >= 4 is 39.1 Å². The van der Waals surface area contributed by atoms with E-state index in [-0.39, 0.29) is 30.0 Å². The summed E-state index contributed by atoms with van der Waals surface area (Å²) in [5.41, 5.74) is 1.77. The SMILES string of the molecule is Cc1ccccc1N(Cc1nc2ccc(F)c(F)c2s1)C(=O)CCC(=O)O. The number of aliphatic carboxylic acids is 1. The Morgan fingerprint density at radius 3 is 2.59 bits per heavy atom. The summed E-state index contributed by atoms with van der Waals surface area (Å²) in [5, 5.41) is 9.28. The van der Waals surface area contributed by atoms with Crippen molar-refractivity contribution in [2.45, 2.75) is 26.3 Å². The summed E-state index contributed by atoms with van der Waals surface area (Å²) in [6, 6.07) is 9.58. The Labute approximate surface area is 157 Å². The number of hydrogen-bond acceptors (Lipinski definition) is 4. The monoisotopic (exact) mass is 390 g/mol. The predicted octanol–water partition coefficient (Wildman–Crippen LogP) is 4.28. The zero-order valence-corrected chi connectivity index (χ0v) is 15.2. The van der Waals surface area contributed by atoms with E-state index in [1.807, 2.05) is 19.1 Å². The van der Waals surface area contributed by atoms with Gasteiger partial charge in [0.05, 0.1) is 23.2 Å². The minimum Gasteiger partial charge on any atom is -0.481 e. The van der Waals surface area contributed by atoms with Gasteiger partial charge in [0.25, 0.3) is 0 Å². The summed E-state index contributed by atoms with van der Waals surface area (Å²) >= 11 is 0.972. The molecule has 1 aromatic heterocycles. The van der Waals surface area contributed by atoms with E-state index in [9.17, 15) is 18.4 Å². The van der Waals surface area contributed by atoms with Crippen LogP contribution in [-0.2, 0) is 16.1 Å². The summed E-state index contributed by atoms with van der Waals surface area (Å²) in [5.74, 6) is -3.36. The van der Waals surface area contributed by atoms with Crippen LogP contribution < -0.4 is 4.90 Å². The van der Waals surface area contributed by atoms with E-state index in [1.165, 1.54) is 11.0 Å². The van der Waals surface area contributed by atoms with Crippen LogP contribution in [0.4, 0.5) is 14.5 Å². The van der Waals surface area contributed by atoms with E-state index in [2.05, 4.69) is 4.98 Å². The van der Waals surface area contributed by atoms with Crippen LogP contribution in [0.1, 0.15) is 23.4 Å². The highest BCUT2D eigenvalue weighted by atomic mass is 32.1. The molecule has 5 nitrogen and oxygen atoms in total. The van der Waals surface area contributed by atoms with Gasteiger partial charge in [-0.15, -0.1) is 11.3 Å². The van der Waals surface area contributed by atoms with E-state index < -0.39 is 17.6 Å². The average Bonchev–Trinajstić information content (AvgIpc) is 3.05. The fourth-order valence-corrected chi connectivity index (χ4v) is 3.69. The lowest BCUT2D eigenvalue weighted by Crippen LogP contribution is -2.31. The predicted molar refractivity (Wildman–Crippen MR) is 98.8 cm³/mol. The fourth-order valence-electron chi connectivity index (χ4n) is 2.71. The maximum atomic E-state index is 14.0. The maximum Gasteiger partial charge on any atom is 0.303 e. The number of carboxylic acid groups (broad SMARTS) is 1. The molecule has 140 valence electrons. The lowest BCUT2D eigenvalue weighted by Gasteiger charge is -2.23. The van der Waals surface area contributed by atoms with Crippen molar-refractivity contribution in [2.75, 3.05) is 4.90 Å². The molecule has 0 aliphatic rings. The molecule has 1 heterocycles. The molecule has 0 fully saturated rings. The number of amides is 1. The van der Waals surface area contributed by atoms with Gasteiger partial charge in [0.15, 0.2) is 11.6 Å². The first kappa shape index (κ1) is 18.9. The molecular weight excluding hydrogens is 374 g/mol. The van der Waals surface area contributed by atoms with Gasteiger partial charge in [0, 0.05) is 12.1 Å². The van der Waals surface area contributed by atoms with Gasteiger partial charge in [0.2, 0.25) is 5.91 Å². The van der Waals surface area contributed by atoms with Crippen LogP contribution >= 0.6 is 11.3 Å². The van der Waals surface area contributed by atoms with Crippen molar-refractivity contribution in [3.8, 4) is 0 Å².